The van der Waals surface area contributed by atoms with Crippen LogP contribution < -0.4 is 0 Å². The van der Waals surface area contributed by atoms with Crippen molar-refractivity contribution in [2.75, 3.05) is 13.6 Å². The van der Waals surface area contributed by atoms with Crippen molar-refractivity contribution in [2.24, 2.45) is 0 Å². The molecular weight excluding hydrogens is 294 g/mol. The third-order valence-corrected chi connectivity index (χ3v) is 5.84. The molecule has 122 valence electrons. The fraction of sp³-hybridized carbons (Fsp3) is 0.381. The molecule has 0 spiro atoms. The van der Waals surface area contributed by atoms with Gasteiger partial charge in [-0.05, 0) is 62.2 Å². The molecule has 2 atom stereocenters. The molecule has 0 radical (unpaired) electrons. The standard InChI is InChI=1S/C21H23N3/c1-14-3-5-20-17(11-14)18-13-23(2)12-16-4-6-19(24(20)21(16)18)15-7-9-22-10-8-15/h3,5,7-11,16,19H,4,6,12-13H2,1-2H3. The van der Waals surface area contributed by atoms with Gasteiger partial charge in [-0.2, -0.15) is 0 Å². The Kier molecular flexibility index (Phi) is 3.07. The summed E-state index contributed by atoms with van der Waals surface area (Å²) in [6.45, 7) is 4.46. The number of rotatable bonds is 1. The van der Waals surface area contributed by atoms with Crippen LogP contribution in [0, 0.1) is 6.92 Å². The molecule has 3 heteroatoms. The number of aryl methyl sites for hydroxylation is 1. The molecule has 2 aliphatic heterocycles. The van der Waals surface area contributed by atoms with E-state index in [1.807, 2.05) is 12.4 Å². The summed E-state index contributed by atoms with van der Waals surface area (Å²) in [5.74, 6) is 0.671. The summed E-state index contributed by atoms with van der Waals surface area (Å²) in [7, 11) is 2.26. The summed E-state index contributed by atoms with van der Waals surface area (Å²) >= 11 is 0. The molecule has 0 saturated heterocycles. The molecule has 0 saturated carbocycles. The van der Waals surface area contributed by atoms with Gasteiger partial charge in [-0.3, -0.25) is 4.98 Å². The van der Waals surface area contributed by atoms with Crippen LogP contribution in [0.15, 0.2) is 42.7 Å². The highest BCUT2D eigenvalue weighted by molar-refractivity contribution is 5.87. The molecule has 0 amide bonds. The van der Waals surface area contributed by atoms with E-state index in [1.165, 1.54) is 41.4 Å². The lowest BCUT2D eigenvalue weighted by atomic mass is 9.85. The van der Waals surface area contributed by atoms with Gasteiger partial charge in [0, 0.05) is 48.0 Å². The number of aromatic nitrogens is 2. The maximum Gasteiger partial charge on any atom is 0.0590 e. The van der Waals surface area contributed by atoms with Crippen LogP contribution in [0.2, 0.25) is 0 Å². The zero-order valence-corrected chi connectivity index (χ0v) is 14.4. The van der Waals surface area contributed by atoms with Crippen molar-refractivity contribution in [3.63, 3.8) is 0 Å². The summed E-state index contributed by atoms with van der Waals surface area (Å²) in [6, 6.07) is 11.8. The normalized spacial score (nSPS) is 23.4. The molecule has 24 heavy (non-hydrogen) atoms. The zero-order chi connectivity index (χ0) is 16.3. The summed E-state index contributed by atoms with van der Waals surface area (Å²) in [5, 5.41) is 1.46. The van der Waals surface area contributed by atoms with Gasteiger partial charge in [0.1, 0.15) is 0 Å². The van der Waals surface area contributed by atoms with Crippen molar-refractivity contribution in [1.29, 1.82) is 0 Å². The van der Waals surface area contributed by atoms with Crippen molar-refractivity contribution in [3.8, 4) is 0 Å². The molecule has 5 rings (SSSR count). The minimum Gasteiger partial charge on any atom is -0.336 e. The highest BCUT2D eigenvalue weighted by Gasteiger charge is 2.36. The Bertz CT molecular complexity index is 910. The first kappa shape index (κ1) is 14.2. The predicted molar refractivity (Wildman–Crippen MR) is 97.4 cm³/mol. The summed E-state index contributed by atoms with van der Waals surface area (Å²) < 4.78 is 2.65. The average Bonchev–Trinajstić information content (AvgIpc) is 2.91. The molecule has 4 heterocycles. The Morgan fingerprint density at radius 2 is 1.92 bits per heavy atom. The van der Waals surface area contributed by atoms with Gasteiger partial charge in [0.15, 0.2) is 0 Å². The highest BCUT2D eigenvalue weighted by atomic mass is 15.1. The van der Waals surface area contributed by atoms with Crippen LogP contribution in [-0.2, 0) is 6.54 Å². The van der Waals surface area contributed by atoms with E-state index >= 15 is 0 Å². The molecule has 3 aromatic rings. The minimum absolute atomic E-state index is 0.446. The lowest BCUT2D eigenvalue weighted by Crippen LogP contribution is -2.35. The number of nitrogens with zero attached hydrogens (tertiary/aromatic N) is 3. The second-order valence-electron chi connectivity index (χ2n) is 7.52. The van der Waals surface area contributed by atoms with E-state index < -0.39 is 0 Å². The SMILES string of the molecule is Cc1ccc2c(c1)c1c3n2C(c2ccncc2)CCC3CN(C)C1. The second-order valence-corrected chi connectivity index (χ2v) is 7.52. The third kappa shape index (κ3) is 1.97. The monoisotopic (exact) mass is 317 g/mol. The quantitative estimate of drug-likeness (QED) is 0.669. The predicted octanol–water partition coefficient (Wildman–Crippen LogP) is 4.26. The molecule has 0 fully saturated rings. The summed E-state index contributed by atoms with van der Waals surface area (Å²) in [5.41, 5.74) is 7.31. The van der Waals surface area contributed by atoms with Crippen LogP contribution >= 0.6 is 0 Å². The topological polar surface area (TPSA) is 21.1 Å². The maximum atomic E-state index is 4.21. The van der Waals surface area contributed by atoms with Gasteiger partial charge in [0.2, 0.25) is 0 Å². The molecular formula is C21H23N3. The Morgan fingerprint density at radius 1 is 1.08 bits per heavy atom. The van der Waals surface area contributed by atoms with Crippen molar-refractivity contribution in [1.82, 2.24) is 14.5 Å². The zero-order valence-electron chi connectivity index (χ0n) is 14.4. The lowest BCUT2D eigenvalue weighted by molar-refractivity contribution is 0.246. The van der Waals surface area contributed by atoms with Gasteiger partial charge >= 0.3 is 0 Å². The van der Waals surface area contributed by atoms with E-state index in [9.17, 15) is 0 Å². The van der Waals surface area contributed by atoms with Crippen LogP contribution in [0.3, 0.4) is 0 Å². The average molecular weight is 317 g/mol. The second kappa shape index (κ2) is 5.18. The molecule has 0 aliphatic carbocycles. The Labute approximate surface area is 142 Å². The molecule has 2 unspecified atom stereocenters. The van der Waals surface area contributed by atoms with Gasteiger partial charge in [-0.25, -0.2) is 0 Å². The van der Waals surface area contributed by atoms with Crippen LogP contribution in [0.5, 0.6) is 0 Å². The first-order chi connectivity index (χ1) is 11.7. The van der Waals surface area contributed by atoms with Gasteiger partial charge in [-0.1, -0.05) is 11.6 Å². The number of benzene rings is 1. The maximum absolute atomic E-state index is 4.21. The Balaban J connectivity index is 1.81. The number of fused-ring (bicyclic) bond motifs is 3. The Morgan fingerprint density at radius 3 is 2.75 bits per heavy atom. The molecule has 1 aromatic carbocycles. The van der Waals surface area contributed by atoms with E-state index in [1.54, 1.807) is 11.3 Å². The summed E-state index contributed by atoms with van der Waals surface area (Å²) in [4.78, 5) is 6.70. The highest BCUT2D eigenvalue weighted by Crippen LogP contribution is 2.46. The number of likely N-dealkylation sites (N-methyl/N-ethyl adjacent to an activating group) is 1. The van der Waals surface area contributed by atoms with E-state index in [-0.39, 0.29) is 0 Å². The minimum atomic E-state index is 0.446. The smallest absolute Gasteiger partial charge is 0.0590 e. The Hall–Kier alpha value is -2.13. The van der Waals surface area contributed by atoms with Crippen LogP contribution in [0.4, 0.5) is 0 Å². The fourth-order valence-corrected chi connectivity index (χ4v) is 4.87. The van der Waals surface area contributed by atoms with E-state index in [4.69, 9.17) is 0 Å². The first-order valence-corrected chi connectivity index (χ1v) is 8.94. The van der Waals surface area contributed by atoms with Gasteiger partial charge < -0.3 is 9.47 Å². The van der Waals surface area contributed by atoms with Crippen LogP contribution in [0.25, 0.3) is 10.9 Å². The molecule has 3 nitrogen and oxygen atoms in total. The van der Waals surface area contributed by atoms with Gasteiger partial charge in [0.05, 0.1) is 6.04 Å². The molecule has 0 bridgehead atoms. The van der Waals surface area contributed by atoms with Crippen molar-refractivity contribution in [3.05, 3.63) is 65.1 Å². The van der Waals surface area contributed by atoms with Gasteiger partial charge in [-0.15, -0.1) is 0 Å². The van der Waals surface area contributed by atoms with Crippen LogP contribution in [0.1, 0.15) is 47.2 Å². The number of hydrogen-bond donors (Lipinski definition) is 0. The molecule has 0 N–H and O–H groups in total. The van der Waals surface area contributed by atoms with Gasteiger partial charge in [0.25, 0.3) is 0 Å². The van der Waals surface area contributed by atoms with Crippen LogP contribution in [-0.4, -0.2) is 28.0 Å². The van der Waals surface area contributed by atoms with Crippen molar-refractivity contribution in [2.45, 2.75) is 38.3 Å². The third-order valence-electron chi connectivity index (χ3n) is 5.84. The number of hydrogen-bond acceptors (Lipinski definition) is 2. The fourth-order valence-electron chi connectivity index (χ4n) is 4.87. The van der Waals surface area contributed by atoms with E-state index in [0.29, 0.717) is 12.0 Å². The van der Waals surface area contributed by atoms with Crippen molar-refractivity contribution >= 4 is 10.9 Å². The molecule has 2 aliphatic rings. The van der Waals surface area contributed by atoms with E-state index in [0.717, 1.165) is 6.54 Å². The summed E-state index contributed by atoms with van der Waals surface area (Å²) in [6.07, 6.45) is 6.35. The lowest BCUT2D eigenvalue weighted by Gasteiger charge is -2.38. The first-order valence-electron chi connectivity index (χ1n) is 8.94. The number of pyridine rings is 1. The largest absolute Gasteiger partial charge is 0.336 e. The molecule has 2 aromatic heterocycles. The van der Waals surface area contributed by atoms with Crippen molar-refractivity contribution < 1.29 is 0 Å². The van der Waals surface area contributed by atoms with E-state index in [2.05, 4.69) is 58.8 Å².